The molecule has 4 heterocycles. The average Bonchev–Trinajstić information content (AvgIpc) is 3.18. The summed E-state index contributed by atoms with van der Waals surface area (Å²) < 4.78 is 0. The molecule has 0 radical (unpaired) electrons. The van der Waals surface area contributed by atoms with Crippen LogP contribution in [-0.2, 0) is 6.54 Å². The van der Waals surface area contributed by atoms with E-state index in [1.54, 1.807) is 0 Å². The second kappa shape index (κ2) is 6.39. The highest BCUT2D eigenvalue weighted by molar-refractivity contribution is 6.08. The van der Waals surface area contributed by atoms with Gasteiger partial charge < -0.3 is 4.98 Å². The van der Waals surface area contributed by atoms with Crippen molar-refractivity contribution in [2.24, 2.45) is 0 Å². The first-order chi connectivity index (χ1) is 12.9. The van der Waals surface area contributed by atoms with Crippen molar-refractivity contribution in [2.45, 2.75) is 13.0 Å². The summed E-state index contributed by atoms with van der Waals surface area (Å²) in [6.07, 6.45) is 9.21. The first-order valence-electron chi connectivity index (χ1n) is 9.05. The first kappa shape index (κ1) is 15.3. The van der Waals surface area contributed by atoms with Gasteiger partial charge in [-0.25, -0.2) is 9.97 Å². The average molecular weight is 340 g/mol. The van der Waals surface area contributed by atoms with Gasteiger partial charge in [-0.1, -0.05) is 36.4 Å². The Hall–Kier alpha value is -2.98. The van der Waals surface area contributed by atoms with Gasteiger partial charge in [-0.05, 0) is 35.3 Å². The highest BCUT2D eigenvalue weighted by atomic mass is 15.1. The Bertz CT molecular complexity index is 1090. The van der Waals surface area contributed by atoms with Gasteiger partial charge in [-0.3, -0.25) is 4.90 Å². The molecular formula is C22H20N4. The molecule has 128 valence electrons. The number of hydrogen-bond donors (Lipinski definition) is 1. The Morgan fingerprint density at radius 3 is 2.88 bits per heavy atom. The van der Waals surface area contributed by atoms with Gasteiger partial charge in [0.2, 0.25) is 0 Å². The Balaban J connectivity index is 1.53. The molecule has 1 N–H and O–H groups in total. The van der Waals surface area contributed by atoms with Crippen molar-refractivity contribution in [1.29, 1.82) is 0 Å². The summed E-state index contributed by atoms with van der Waals surface area (Å²) in [5.74, 6) is 0. The van der Waals surface area contributed by atoms with Crippen LogP contribution in [-0.4, -0.2) is 32.9 Å². The lowest BCUT2D eigenvalue weighted by Gasteiger charge is -2.28. The van der Waals surface area contributed by atoms with Crippen LogP contribution in [0.25, 0.3) is 27.5 Å². The van der Waals surface area contributed by atoms with Crippen LogP contribution in [0.2, 0.25) is 0 Å². The molecule has 0 fully saturated rings. The predicted octanol–water partition coefficient (Wildman–Crippen LogP) is 4.40. The molecule has 1 aliphatic rings. The second-order valence-electron chi connectivity index (χ2n) is 6.83. The molecule has 0 unspecified atom stereocenters. The van der Waals surface area contributed by atoms with E-state index in [4.69, 9.17) is 0 Å². The number of benzene rings is 1. The smallest absolute Gasteiger partial charge is 0.159 e. The third kappa shape index (κ3) is 2.68. The second-order valence-corrected chi connectivity index (χ2v) is 6.83. The van der Waals surface area contributed by atoms with Crippen molar-refractivity contribution in [1.82, 2.24) is 19.9 Å². The van der Waals surface area contributed by atoms with Gasteiger partial charge in [0.1, 0.15) is 0 Å². The molecule has 0 saturated carbocycles. The Morgan fingerprint density at radius 2 is 1.96 bits per heavy atom. The highest BCUT2D eigenvalue weighted by Gasteiger charge is 2.17. The Kier molecular flexibility index (Phi) is 3.76. The molecule has 1 aliphatic heterocycles. The Morgan fingerprint density at radius 1 is 1.04 bits per heavy atom. The van der Waals surface area contributed by atoms with Crippen LogP contribution in [0.4, 0.5) is 0 Å². The van der Waals surface area contributed by atoms with Crippen molar-refractivity contribution in [2.75, 3.05) is 13.1 Å². The van der Waals surface area contributed by atoms with Crippen LogP contribution in [0.5, 0.6) is 0 Å². The summed E-state index contributed by atoms with van der Waals surface area (Å²) in [5.41, 5.74) is 5.92. The molecule has 0 atom stereocenters. The van der Waals surface area contributed by atoms with Crippen LogP contribution >= 0.6 is 0 Å². The van der Waals surface area contributed by atoms with Gasteiger partial charge >= 0.3 is 0 Å². The number of nitrogens with zero attached hydrogens (tertiary/aromatic N) is 3. The monoisotopic (exact) mass is 340 g/mol. The summed E-state index contributed by atoms with van der Waals surface area (Å²) in [5, 5.41) is 2.35. The van der Waals surface area contributed by atoms with Gasteiger partial charge in [0.15, 0.2) is 5.65 Å². The fraction of sp³-hybridized carbons (Fsp3) is 0.182. The molecule has 4 heteroatoms. The topological polar surface area (TPSA) is 44.8 Å². The summed E-state index contributed by atoms with van der Waals surface area (Å²) in [7, 11) is 0. The lowest BCUT2D eigenvalue weighted by atomic mass is 9.96. The van der Waals surface area contributed by atoms with Crippen LogP contribution < -0.4 is 0 Å². The fourth-order valence-electron chi connectivity index (χ4n) is 3.90. The quantitative estimate of drug-likeness (QED) is 0.601. The number of hydrogen-bond acceptors (Lipinski definition) is 3. The SMILES string of the molecule is C1=C(c2cc[nH]c3cnc4nccc4c23)CN(Cc2ccccc2)CC1. The van der Waals surface area contributed by atoms with Crippen LogP contribution in [0.3, 0.4) is 0 Å². The van der Waals surface area contributed by atoms with Crippen molar-refractivity contribution in [3.05, 3.63) is 78.3 Å². The molecule has 0 spiro atoms. The molecular weight excluding hydrogens is 320 g/mol. The molecule has 3 aromatic heterocycles. The van der Waals surface area contributed by atoms with E-state index >= 15 is 0 Å². The van der Waals surface area contributed by atoms with Crippen molar-refractivity contribution < 1.29 is 0 Å². The van der Waals surface area contributed by atoms with Crippen LogP contribution in [0.1, 0.15) is 17.5 Å². The normalized spacial score (nSPS) is 15.5. The molecule has 5 rings (SSSR count). The van der Waals surface area contributed by atoms with E-state index in [0.29, 0.717) is 0 Å². The number of fused-ring (bicyclic) bond motifs is 3. The third-order valence-corrected chi connectivity index (χ3v) is 5.12. The minimum Gasteiger partial charge on any atom is -0.360 e. The van der Waals surface area contributed by atoms with Gasteiger partial charge in [0.05, 0.1) is 11.7 Å². The summed E-state index contributed by atoms with van der Waals surface area (Å²) in [6.45, 7) is 3.06. The minimum atomic E-state index is 0.816. The van der Waals surface area contributed by atoms with Crippen molar-refractivity contribution >= 4 is 27.5 Å². The van der Waals surface area contributed by atoms with Gasteiger partial charge in [0.25, 0.3) is 0 Å². The summed E-state index contributed by atoms with van der Waals surface area (Å²) >= 11 is 0. The number of aromatic amines is 1. The zero-order chi connectivity index (χ0) is 17.3. The maximum atomic E-state index is 4.45. The molecule has 26 heavy (non-hydrogen) atoms. The van der Waals surface area contributed by atoms with Gasteiger partial charge in [-0.15, -0.1) is 0 Å². The molecule has 0 aliphatic carbocycles. The predicted molar refractivity (Wildman–Crippen MR) is 106 cm³/mol. The minimum absolute atomic E-state index is 0.816. The zero-order valence-electron chi connectivity index (χ0n) is 14.5. The van der Waals surface area contributed by atoms with Crippen LogP contribution in [0.15, 0.2) is 67.1 Å². The van der Waals surface area contributed by atoms with Crippen LogP contribution in [0, 0.1) is 0 Å². The van der Waals surface area contributed by atoms with E-state index in [-0.39, 0.29) is 0 Å². The maximum absolute atomic E-state index is 4.45. The highest BCUT2D eigenvalue weighted by Crippen LogP contribution is 2.31. The number of aromatic nitrogens is 3. The van der Waals surface area contributed by atoms with E-state index in [2.05, 4.69) is 68.4 Å². The number of rotatable bonds is 3. The van der Waals surface area contributed by atoms with E-state index in [0.717, 1.165) is 42.6 Å². The molecule has 0 amide bonds. The van der Waals surface area contributed by atoms with Crippen molar-refractivity contribution in [3.8, 4) is 0 Å². The molecule has 4 nitrogen and oxygen atoms in total. The van der Waals surface area contributed by atoms with E-state index in [1.807, 2.05) is 18.6 Å². The summed E-state index contributed by atoms with van der Waals surface area (Å²) in [4.78, 5) is 14.7. The number of pyridine rings is 2. The van der Waals surface area contributed by atoms with E-state index in [1.165, 1.54) is 22.1 Å². The zero-order valence-corrected chi connectivity index (χ0v) is 14.5. The summed E-state index contributed by atoms with van der Waals surface area (Å²) in [6, 6.07) is 15.0. The van der Waals surface area contributed by atoms with E-state index < -0.39 is 0 Å². The number of nitrogens with one attached hydrogen (secondary N) is 1. The standard InChI is InChI=1S/C22H20N4/c1-2-5-16(6-3-1)14-26-12-4-7-17(15-26)18-8-10-23-20-13-25-22-19(21(18)20)9-11-24-22/h1-3,5-11,13,23H,4,12,14-15H2. The maximum Gasteiger partial charge on any atom is 0.159 e. The van der Waals surface area contributed by atoms with Crippen molar-refractivity contribution in [3.63, 3.8) is 0 Å². The molecule has 4 aromatic rings. The number of H-pyrrole nitrogens is 1. The fourth-order valence-corrected chi connectivity index (χ4v) is 3.90. The lowest BCUT2D eigenvalue weighted by Crippen LogP contribution is -2.29. The third-order valence-electron chi connectivity index (χ3n) is 5.12. The molecule has 0 saturated heterocycles. The largest absolute Gasteiger partial charge is 0.360 e. The molecule has 1 aromatic carbocycles. The Labute approximate surface area is 152 Å². The van der Waals surface area contributed by atoms with E-state index in [9.17, 15) is 0 Å². The first-order valence-corrected chi connectivity index (χ1v) is 9.05. The van der Waals surface area contributed by atoms with Gasteiger partial charge in [0, 0.05) is 42.8 Å². The van der Waals surface area contributed by atoms with Gasteiger partial charge in [-0.2, -0.15) is 0 Å². The molecule has 0 bridgehead atoms. The lowest BCUT2D eigenvalue weighted by molar-refractivity contribution is 0.296.